The van der Waals surface area contributed by atoms with E-state index in [0.717, 1.165) is 37.4 Å². The van der Waals surface area contributed by atoms with Gasteiger partial charge in [0.15, 0.2) is 0 Å². The van der Waals surface area contributed by atoms with E-state index in [1.54, 1.807) is 0 Å². The van der Waals surface area contributed by atoms with Gasteiger partial charge in [0.1, 0.15) is 5.92 Å². The lowest BCUT2D eigenvalue weighted by molar-refractivity contribution is -0.131. The first-order valence-electron chi connectivity index (χ1n) is 7.99. The fourth-order valence-corrected chi connectivity index (χ4v) is 3.18. The Morgan fingerprint density at radius 1 is 1.33 bits per heavy atom. The number of rotatable bonds is 4. The normalized spacial score (nSPS) is 20.4. The molecule has 0 saturated carbocycles. The molecule has 2 atom stereocenters. The van der Waals surface area contributed by atoms with Crippen molar-refractivity contribution in [1.29, 1.82) is 5.26 Å². The Morgan fingerprint density at radius 2 is 2.10 bits per heavy atom. The molecule has 3 nitrogen and oxygen atoms in total. The second-order valence-electron chi connectivity index (χ2n) is 5.88. The van der Waals surface area contributed by atoms with Gasteiger partial charge >= 0.3 is 0 Å². The number of likely N-dealkylation sites (tertiary alicyclic amines) is 1. The highest BCUT2D eigenvalue weighted by Crippen LogP contribution is 2.25. The summed E-state index contributed by atoms with van der Waals surface area (Å²) in [6.45, 7) is 3.81. The van der Waals surface area contributed by atoms with E-state index in [-0.39, 0.29) is 5.91 Å². The second kappa shape index (κ2) is 7.83. The molecule has 2 unspecified atom stereocenters. The summed E-state index contributed by atoms with van der Waals surface area (Å²) >= 11 is 0. The Kier molecular flexibility index (Phi) is 5.80. The maximum atomic E-state index is 12.7. The maximum absolute atomic E-state index is 12.7. The van der Waals surface area contributed by atoms with Crippen LogP contribution >= 0.6 is 0 Å². The Bertz CT molecular complexity index is 492. The van der Waals surface area contributed by atoms with E-state index in [2.05, 4.69) is 13.0 Å². The minimum Gasteiger partial charge on any atom is -0.341 e. The molecule has 1 aromatic carbocycles. The zero-order valence-corrected chi connectivity index (χ0v) is 12.8. The molecule has 0 aliphatic carbocycles. The zero-order chi connectivity index (χ0) is 15.1. The van der Waals surface area contributed by atoms with Gasteiger partial charge in [0.05, 0.1) is 6.07 Å². The molecule has 1 aliphatic heterocycles. The van der Waals surface area contributed by atoms with Crippen LogP contribution in [0, 0.1) is 17.2 Å². The fraction of sp³-hybridized carbons (Fsp3) is 0.556. The van der Waals surface area contributed by atoms with Crippen molar-refractivity contribution in [1.82, 2.24) is 4.90 Å². The van der Waals surface area contributed by atoms with Gasteiger partial charge in [-0.05, 0) is 30.7 Å². The molecule has 2 rings (SSSR count). The number of carbonyl (C=O) groups is 1. The third kappa shape index (κ3) is 4.07. The average molecular weight is 284 g/mol. The van der Waals surface area contributed by atoms with Crippen LogP contribution in [0.1, 0.15) is 50.5 Å². The number of hydrogen-bond acceptors (Lipinski definition) is 2. The van der Waals surface area contributed by atoms with Crippen molar-refractivity contribution in [2.45, 2.75) is 44.9 Å². The van der Waals surface area contributed by atoms with Gasteiger partial charge in [0.25, 0.3) is 0 Å². The number of amides is 1. The van der Waals surface area contributed by atoms with Crippen LogP contribution in [-0.2, 0) is 4.79 Å². The van der Waals surface area contributed by atoms with Crippen LogP contribution in [0.2, 0.25) is 0 Å². The van der Waals surface area contributed by atoms with Gasteiger partial charge in [-0.3, -0.25) is 4.79 Å². The summed E-state index contributed by atoms with van der Waals surface area (Å²) in [5.74, 6) is 0.0554. The molecule has 112 valence electrons. The summed E-state index contributed by atoms with van der Waals surface area (Å²) in [5.41, 5.74) is 0.805. The molecule has 1 saturated heterocycles. The summed E-state index contributed by atoms with van der Waals surface area (Å²) in [6.07, 6.45) is 5.81. The molecule has 3 heteroatoms. The second-order valence-corrected chi connectivity index (χ2v) is 5.88. The lowest BCUT2D eigenvalue weighted by atomic mass is 9.96. The summed E-state index contributed by atoms with van der Waals surface area (Å²) in [6, 6.07) is 11.6. The molecule has 1 aliphatic rings. The number of nitrogens with zero attached hydrogens (tertiary/aromatic N) is 2. The molecule has 21 heavy (non-hydrogen) atoms. The van der Waals surface area contributed by atoms with Gasteiger partial charge in [-0.2, -0.15) is 5.26 Å². The molecule has 1 heterocycles. The summed E-state index contributed by atoms with van der Waals surface area (Å²) in [7, 11) is 0. The number of benzene rings is 1. The van der Waals surface area contributed by atoms with Crippen LogP contribution < -0.4 is 0 Å². The van der Waals surface area contributed by atoms with Crippen molar-refractivity contribution in [3.63, 3.8) is 0 Å². The molecular formula is C18H24N2O. The van der Waals surface area contributed by atoms with Crippen molar-refractivity contribution >= 4 is 5.91 Å². The molecule has 0 N–H and O–H groups in total. The van der Waals surface area contributed by atoms with Crippen LogP contribution in [0.15, 0.2) is 30.3 Å². The van der Waals surface area contributed by atoms with Gasteiger partial charge in [-0.1, -0.05) is 50.1 Å². The first kappa shape index (κ1) is 15.6. The Labute approximate surface area is 127 Å². The molecule has 0 aromatic heterocycles. The van der Waals surface area contributed by atoms with E-state index in [4.69, 9.17) is 0 Å². The van der Waals surface area contributed by atoms with Gasteiger partial charge in [-0.25, -0.2) is 0 Å². The third-order valence-corrected chi connectivity index (χ3v) is 4.37. The molecule has 1 aromatic rings. The lowest BCUT2D eigenvalue weighted by Gasteiger charge is -2.23. The van der Waals surface area contributed by atoms with Crippen molar-refractivity contribution in [3.05, 3.63) is 35.9 Å². The highest BCUT2D eigenvalue weighted by atomic mass is 16.2. The minimum atomic E-state index is -0.658. The molecule has 0 bridgehead atoms. The van der Waals surface area contributed by atoms with Crippen molar-refractivity contribution < 1.29 is 4.79 Å². The van der Waals surface area contributed by atoms with Crippen LogP contribution in [0.25, 0.3) is 0 Å². The van der Waals surface area contributed by atoms with Gasteiger partial charge in [0, 0.05) is 13.1 Å². The predicted molar refractivity (Wildman–Crippen MR) is 83.6 cm³/mol. The minimum absolute atomic E-state index is 0.0270. The fourth-order valence-electron chi connectivity index (χ4n) is 3.18. The molecule has 1 fully saturated rings. The van der Waals surface area contributed by atoms with Crippen LogP contribution in [0.5, 0.6) is 0 Å². The third-order valence-electron chi connectivity index (χ3n) is 4.37. The highest BCUT2D eigenvalue weighted by Gasteiger charge is 2.27. The summed E-state index contributed by atoms with van der Waals surface area (Å²) in [5, 5.41) is 9.39. The van der Waals surface area contributed by atoms with Gasteiger partial charge < -0.3 is 4.90 Å². The van der Waals surface area contributed by atoms with Crippen molar-refractivity contribution in [2.75, 3.05) is 13.1 Å². The van der Waals surface area contributed by atoms with E-state index >= 15 is 0 Å². The Hall–Kier alpha value is -1.82. The largest absolute Gasteiger partial charge is 0.341 e. The average Bonchev–Trinajstić information content (AvgIpc) is 2.75. The van der Waals surface area contributed by atoms with Crippen LogP contribution in [0.3, 0.4) is 0 Å². The number of carbonyl (C=O) groups excluding carboxylic acids is 1. The lowest BCUT2D eigenvalue weighted by Crippen LogP contribution is -2.35. The van der Waals surface area contributed by atoms with Crippen LogP contribution in [0.4, 0.5) is 0 Å². The first-order valence-corrected chi connectivity index (χ1v) is 7.99. The zero-order valence-electron chi connectivity index (χ0n) is 12.8. The molecule has 0 spiro atoms. The first-order chi connectivity index (χ1) is 10.3. The standard InChI is InChI=1S/C18H24N2O/c1-2-7-15-8-6-12-20(13-11-15)18(21)17(14-19)16-9-4-3-5-10-16/h3-5,9-10,15,17H,2,6-8,11-13H2,1H3. The van der Waals surface area contributed by atoms with Gasteiger partial charge in [-0.15, -0.1) is 0 Å². The Balaban J connectivity index is 2.03. The van der Waals surface area contributed by atoms with E-state index < -0.39 is 5.92 Å². The van der Waals surface area contributed by atoms with E-state index in [0.29, 0.717) is 0 Å². The Morgan fingerprint density at radius 3 is 2.76 bits per heavy atom. The van der Waals surface area contributed by atoms with E-state index in [1.807, 2.05) is 35.2 Å². The maximum Gasteiger partial charge on any atom is 0.244 e. The summed E-state index contributed by atoms with van der Waals surface area (Å²) < 4.78 is 0. The van der Waals surface area contributed by atoms with E-state index in [1.165, 1.54) is 19.3 Å². The topological polar surface area (TPSA) is 44.1 Å². The molecule has 0 radical (unpaired) electrons. The summed E-state index contributed by atoms with van der Waals surface area (Å²) in [4.78, 5) is 14.5. The highest BCUT2D eigenvalue weighted by molar-refractivity contribution is 5.86. The molecule has 1 amide bonds. The number of hydrogen-bond donors (Lipinski definition) is 0. The monoisotopic (exact) mass is 284 g/mol. The van der Waals surface area contributed by atoms with Crippen LogP contribution in [-0.4, -0.2) is 23.9 Å². The number of nitriles is 1. The quantitative estimate of drug-likeness (QED) is 0.845. The van der Waals surface area contributed by atoms with Crippen molar-refractivity contribution in [3.8, 4) is 6.07 Å². The van der Waals surface area contributed by atoms with Crippen molar-refractivity contribution in [2.24, 2.45) is 5.92 Å². The predicted octanol–water partition coefficient (Wildman–Crippen LogP) is 3.72. The SMILES string of the molecule is CCCC1CCCN(C(=O)C(C#N)c2ccccc2)CC1. The van der Waals surface area contributed by atoms with Gasteiger partial charge in [0.2, 0.25) is 5.91 Å². The molecular weight excluding hydrogens is 260 g/mol. The van der Waals surface area contributed by atoms with E-state index in [9.17, 15) is 10.1 Å². The smallest absolute Gasteiger partial charge is 0.244 e.